The van der Waals surface area contributed by atoms with Gasteiger partial charge >= 0.3 is 0 Å². The Morgan fingerprint density at radius 3 is 2.91 bits per heavy atom. The van der Waals surface area contributed by atoms with Crippen LogP contribution in [-0.4, -0.2) is 36.6 Å². The lowest BCUT2D eigenvalue weighted by molar-refractivity contribution is 0.0933. The van der Waals surface area contributed by atoms with Crippen molar-refractivity contribution in [3.8, 4) is 10.6 Å². The number of carbonyl (C=O) groups is 1. The monoisotopic (exact) mass is 347 g/mol. The average Bonchev–Trinajstić information content (AvgIpc) is 3.27. The highest BCUT2D eigenvalue weighted by Gasteiger charge is 2.18. The first kappa shape index (κ1) is 15.9. The Morgan fingerprint density at radius 2 is 2.26 bits per heavy atom. The van der Waals surface area contributed by atoms with E-state index in [-0.39, 0.29) is 11.9 Å². The van der Waals surface area contributed by atoms with Gasteiger partial charge in [-0.15, -0.1) is 11.3 Å². The summed E-state index contributed by atoms with van der Waals surface area (Å²) in [6.45, 7) is 0.518. The molecule has 0 radical (unpaired) electrons. The molecule has 0 aliphatic rings. The summed E-state index contributed by atoms with van der Waals surface area (Å²) in [5.74, 6) is 0.394. The standard InChI is InChI=1S/C16H17N3O2S2/c1-19(2)13(11-5-7-22-10-11)9-17-16(20)12-8-14(21-18-12)15-4-3-6-23-15/h3-8,10,13H,9H2,1-2H3,(H,17,20)/t13-/m1/s1. The number of hydrogen-bond donors (Lipinski definition) is 1. The summed E-state index contributed by atoms with van der Waals surface area (Å²) >= 11 is 3.20. The van der Waals surface area contributed by atoms with Crippen LogP contribution in [0.15, 0.2) is 44.9 Å². The maximum atomic E-state index is 12.3. The van der Waals surface area contributed by atoms with Gasteiger partial charge < -0.3 is 14.7 Å². The molecule has 3 rings (SSSR count). The van der Waals surface area contributed by atoms with Crippen molar-refractivity contribution in [2.75, 3.05) is 20.6 Å². The molecule has 0 spiro atoms. The van der Waals surface area contributed by atoms with Crippen LogP contribution in [0, 0.1) is 0 Å². The van der Waals surface area contributed by atoms with Crippen molar-refractivity contribution in [3.63, 3.8) is 0 Å². The molecule has 0 aromatic carbocycles. The van der Waals surface area contributed by atoms with Crippen LogP contribution >= 0.6 is 22.7 Å². The van der Waals surface area contributed by atoms with Gasteiger partial charge in [-0.25, -0.2) is 0 Å². The first-order chi connectivity index (χ1) is 11.1. The summed E-state index contributed by atoms with van der Waals surface area (Å²) in [7, 11) is 4.00. The van der Waals surface area contributed by atoms with Gasteiger partial charge in [-0.3, -0.25) is 4.79 Å². The van der Waals surface area contributed by atoms with Crippen molar-refractivity contribution in [1.29, 1.82) is 0 Å². The van der Waals surface area contributed by atoms with Gasteiger partial charge in [0.15, 0.2) is 11.5 Å². The molecule has 1 atom stereocenters. The van der Waals surface area contributed by atoms with Crippen molar-refractivity contribution in [2.45, 2.75) is 6.04 Å². The molecule has 1 amide bonds. The van der Waals surface area contributed by atoms with Gasteiger partial charge in [-0.1, -0.05) is 11.2 Å². The van der Waals surface area contributed by atoms with Crippen LogP contribution in [0.5, 0.6) is 0 Å². The van der Waals surface area contributed by atoms with E-state index in [1.54, 1.807) is 28.7 Å². The maximum Gasteiger partial charge on any atom is 0.273 e. The van der Waals surface area contributed by atoms with E-state index in [0.29, 0.717) is 18.0 Å². The third-order valence-electron chi connectivity index (χ3n) is 3.51. The van der Waals surface area contributed by atoms with Crippen LogP contribution in [0.4, 0.5) is 0 Å². The number of rotatable bonds is 6. The Labute approximate surface area is 142 Å². The van der Waals surface area contributed by atoms with E-state index in [1.165, 1.54) is 5.56 Å². The van der Waals surface area contributed by atoms with E-state index in [9.17, 15) is 4.79 Å². The Balaban J connectivity index is 1.65. The van der Waals surface area contributed by atoms with Gasteiger partial charge in [0.25, 0.3) is 5.91 Å². The molecule has 0 unspecified atom stereocenters. The lowest BCUT2D eigenvalue weighted by Crippen LogP contribution is -2.34. The predicted molar refractivity (Wildman–Crippen MR) is 92.9 cm³/mol. The lowest BCUT2D eigenvalue weighted by Gasteiger charge is -2.23. The number of carbonyl (C=O) groups excluding carboxylic acids is 1. The molecular formula is C16H17N3O2S2. The minimum atomic E-state index is -0.223. The van der Waals surface area contributed by atoms with Crippen molar-refractivity contribution in [1.82, 2.24) is 15.4 Å². The van der Waals surface area contributed by atoms with Crippen LogP contribution < -0.4 is 5.32 Å². The molecule has 7 heteroatoms. The number of nitrogens with one attached hydrogen (secondary N) is 1. The molecule has 0 bridgehead atoms. The molecule has 3 aromatic rings. The van der Waals surface area contributed by atoms with Gasteiger partial charge in [0.2, 0.25) is 0 Å². The maximum absolute atomic E-state index is 12.3. The number of likely N-dealkylation sites (N-methyl/N-ethyl adjacent to an activating group) is 1. The number of amides is 1. The van der Waals surface area contributed by atoms with E-state index in [0.717, 1.165) is 4.88 Å². The number of aromatic nitrogens is 1. The smallest absolute Gasteiger partial charge is 0.273 e. The fourth-order valence-corrected chi connectivity index (χ4v) is 3.64. The molecule has 5 nitrogen and oxygen atoms in total. The van der Waals surface area contributed by atoms with Crippen LogP contribution in [0.2, 0.25) is 0 Å². The third-order valence-corrected chi connectivity index (χ3v) is 5.10. The zero-order valence-electron chi connectivity index (χ0n) is 12.9. The van der Waals surface area contributed by atoms with E-state index < -0.39 is 0 Å². The van der Waals surface area contributed by atoms with Crippen molar-refractivity contribution in [3.05, 3.63) is 51.7 Å². The summed E-state index contributed by atoms with van der Waals surface area (Å²) in [6.07, 6.45) is 0. The van der Waals surface area contributed by atoms with Crippen LogP contribution in [-0.2, 0) is 0 Å². The van der Waals surface area contributed by atoms with Crippen LogP contribution in [0.3, 0.4) is 0 Å². The highest BCUT2D eigenvalue weighted by Crippen LogP contribution is 2.25. The molecule has 0 aliphatic heterocycles. The summed E-state index contributed by atoms with van der Waals surface area (Å²) in [5.41, 5.74) is 1.50. The fraction of sp³-hybridized carbons (Fsp3) is 0.250. The quantitative estimate of drug-likeness (QED) is 0.741. The third kappa shape index (κ3) is 3.69. The summed E-state index contributed by atoms with van der Waals surface area (Å²) < 4.78 is 5.25. The van der Waals surface area contributed by atoms with Gasteiger partial charge in [0, 0.05) is 12.6 Å². The van der Waals surface area contributed by atoms with E-state index in [4.69, 9.17) is 4.52 Å². The van der Waals surface area contributed by atoms with Crippen molar-refractivity contribution >= 4 is 28.6 Å². The first-order valence-electron chi connectivity index (χ1n) is 7.12. The summed E-state index contributed by atoms with van der Waals surface area (Å²) in [4.78, 5) is 15.3. The minimum absolute atomic E-state index is 0.133. The van der Waals surface area contributed by atoms with Gasteiger partial charge in [-0.05, 0) is 47.9 Å². The fourth-order valence-electron chi connectivity index (χ4n) is 2.26. The topological polar surface area (TPSA) is 58.4 Å². The molecule has 0 saturated carbocycles. The van der Waals surface area contributed by atoms with Crippen molar-refractivity contribution in [2.24, 2.45) is 0 Å². The molecule has 120 valence electrons. The average molecular weight is 347 g/mol. The van der Waals surface area contributed by atoms with Crippen molar-refractivity contribution < 1.29 is 9.32 Å². The normalized spacial score (nSPS) is 12.5. The Morgan fingerprint density at radius 1 is 1.39 bits per heavy atom. The first-order valence-corrected chi connectivity index (χ1v) is 8.94. The number of hydrogen-bond acceptors (Lipinski definition) is 6. The minimum Gasteiger partial charge on any atom is -0.355 e. The van der Waals surface area contributed by atoms with E-state index in [1.807, 2.05) is 37.0 Å². The van der Waals surface area contributed by atoms with Gasteiger partial charge in [-0.2, -0.15) is 11.3 Å². The second-order valence-corrected chi connectivity index (χ2v) is 7.03. The number of thiophene rings is 2. The van der Waals surface area contributed by atoms with E-state index in [2.05, 4.69) is 26.8 Å². The highest BCUT2D eigenvalue weighted by molar-refractivity contribution is 7.13. The largest absolute Gasteiger partial charge is 0.355 e. The lowest BCUT2D eigenvalue weighted by atomic mass is 10.1. The number of nitrogens with zero attached hydrogens (tertiary/aromatic N) is 2. The molecular weight excluding hydrogens is 330 g/mol. The molecule has 1 N–H and O–H groups in total. The van der Waals surface area contributed by atoms with Gasteiger partial charge in [0.05, 0.1) is 10.9 Å². The predicted octanol–water partition coefficient (Wildman–Crippen LogP) is 3.50. The summed E-state index contributed by atoms with van der Waals surface area (Å²) in [5, 5.41) is 12.9. The zero-order valence-corrected chi connectivity index (χ0v) is 14.5. The molecule has 0 aliphatic carbocycles. The molecule has 0 saturated heterocycles. The van der Waals surface area contributed by atoms with E-state index >= 15 is 0 Å². The SMILES string of the molecule is CN(C)[C@H](CNC(=O)c1cc(-c2cccs2)on1)c1ccsc1. The van der Waals surface area contributed by atoms with Crippen LogP contribution in [0.1, 0.15) is 22.1 Å². The Bertz CT molecular complexity index is 748. The molecule has 3 heterocycles. The van der Waals surface area contributed by atoms with Gasteiger partial charge in [0.1, 0.15) is 0 Å². The summed E-state index contributed by atoms with van der Waals surface area (Å²) in [6, 6.07) is 7.76. The second-order valence-electron chi connectivity index (χ2n) is 5.30. The zero-order chi connectivity index (χ0) is 16.2. The van der Waals surface area contributed by atoms with Crippen LogP contribution in [0.25, 0.3) is 10.6 Å². The molecule has 3 aromatic heterocycles. The molecule has 23 heavy (non-hydrogen) atoms. The highest BCUT2D eigenvalue weighted by atomic mass is 32.1. The molecule has 0 fully saturated rings. The Hall–Kier alpha value is -1.96. The second kappa shape index (κ2) is 7.08. The Kier molecular flexibility index (Phi) is 4.90.